The van der Waals surface area contributed by atoms with Crippen LogP contribution < -0.4 is 0 Å². The molecule has 0 saturated heterocycles. The third kappa shape index (κ3) is 4.14. The average Bonchev–Trinajstić information content (AvgIpc) is 3.75. The monoisotopic (exact) mass is 702 g/mol. The second kappa shape index (κ2) is 11.0. The first kappa shape index (κ1) is 30.8. The summed E-state index contributed by atoms with van der Waals surface area (Å²) in [5.74, 6) is 0.293. The van der Waals surface area contributed by atoms with Crippen molar-refractivity contribution in [1.82, 2.24) is 9.13 Å². The SMILES string of the molecule is CC1c2ccccc2-n2c3ccc(-c4ccc5c(c4)c4cc(-c6ccccc6)cc6c4n5-c4ccccc4C6(C)C)cc3c3cc(-c4ccccc4)cc1c32. The van der Waals surface area contributed by atoms with Crippen LogP contribution in [0.5, 0.6) is 0 Å². The first-order chi connectivity index (χ1) is 27.0. The molecule has 0 aliphatic carbocycles. The Bertz CT molecular complexity index is 3230. The third-order valence-electron chi connectivity index (χ3n) is 12.9. The zero-order chi connectivity index (χ0) is 36.6. The van der Waals surface area contributed by atoms with Crippen molar-refractivity contribution in [3.63, 3.8) is 0 Å². The van der Waals surface area contributed by atoms with Crippen molar-refractivity contribution in [2.45, 2.75) is 32.1 Å². The van der Waals surface area contributed by atoms with Crippen LogP contribution in [0.3, 0.4) is 0 Å². The third-order valence-corrected chi connectivity index (χ3v) is 12.9. The largest absolute Gasteiger partial charge is 0.309 e. The number of rotatable bonds is 3. The minimum Gasteiger partial charge on any atom is -0.309 e. The van der Waals surface area contributed by atoms with Crippen LogP contribution in [0.4, 0.5) is 0 Å². The summed E-state index contributed by atoms with van der Waals surface area (Å²) in [5, 5.41) is 5.20. The molecule has 0 amide bonds. The second-order valence-corrected chi connectivity index (χ2v) is 16.2. The highest BCUT2D eigenvalue weighted by molar-refractivity contribution is 6.16. The second-order valence-electron chi connectivity index (χ2n) is 16.2. The van der Waals surface area contributed by atoms with E-state index in [9.17, 15) is 0 Å². The van der Waals surface area contributed by atoms with Crippen LogP contribution in [-0.4, -0.2) is 9.13 Å². The molecular formula is C53H38N2. The predicted molar refractivity (Wildman–Crippen MR) is 231 cm³/mol. The maximum atomic E-state index is 2.52. The molecule has 55 heavy (non-hydrogen) atoms. The van der Waals surface area contributed by atoms with Crippen LogP contribution in [0.2, 0.25) is 0 Å². The Morgan fingerprint density at radius 1 is 0.382 bits per heavy atom. The van der Waals surface area contributed by atoms with Gasteiger partial charge in [-0.1, -0.05) is 130 Å². The van der Waals surface area contributed by atoms with Crippen LogP contribution in [0.25, 0.3) is 88.4 Å². The highest BCUT2D eigenvalue weighted by Crippen LogP contribution is 2.50. The summed E-state index contributed by atoms with van der Waals surface area (Å²) in [6.07, 6.45) is 0. The summed E-state index contributed by atoms with van der Waals surface area (Å²) in [7, 11) is 0. The average molecular weight is 703 g/mol. The molecule has 1 unspecified atom stereocenters. The minimum atomic E-state index is -0.149. The summed E-state index contributed by atoms with van der Waals surface area (Å²) in [4.78, 5) is 0. The first-order valence-electron chi connectivity index (χ1n) is 19.5. The number of fused-ring (bicyclic) bond motifs is 10. The molecule has 2 nitrogen and oxygen atoms in total. The van der Waals surface area contributed by atoms with Crippen molar-refractivity contribution >= 4 is 43.6 Å². The molecule has 0 fully saturated rings. The number of nitrogens with zero attached hydrogens (tertiary/aromatic N) is 2. The number of benzene rings is 8. The fourth-order valence-electron chi connectivity index (χ4n) is 10.2. The molecular weight excluding hydrogens is 665 g/mol. The van der Waals surface area contributed by atoms with E-state index in [-0.39, 0.29) is 5.41 Å². The van der Waals surface area contributed by atoms with Crippen molar-refractivity contribution in [1.29, 1.82) is 0 Å². The lowest BCUT2D eigenvalue weighted by Gasteiger charge is -2.35. The molecule has 0 radical (unpaired) electrons. The summed E-state index contributed by atoms with van der Waals surface area (Å²) in [6, 6.07) is 63.7. The minimum absolute atomic E-state index is 0.149. The molecule has 0 N–H and O–H groups in total. The van der Waals surface area contributed by atoms with E-state index in [1.165, 1.54) is 111 Å². The Balaban J connectivity index is 1.13. The van der Waals surface area contributed by atoms with Gasteiger partial charge in [0.15, 0.2) is 0 Å². The van der Waals surface area contributed by atoms with Crippen LogP contribution in [0, 0.1) is 0 Å². The van der Waals surface area contributed by atoms with Crippen LogP contribution in [-0.2, 0) is 5.41 Å². The molecule has 2 aliphatic rings. The molecule has 260 valence electrons. The summed E-state index contributed by atoms with van der Waals surface area (Å²) in [6.45, 7) is 7.14. The highest BCUT2D eigenvalue weighted by atomic mass is 15.0. The van der Waals surface area contributed by atoms with Gasteiger partial charge in [-0.3, -0.25) is 0 Å². The van der Waals surface area contributed by atoms with Gasteiger partial charge in [0.1, 0.15) is 0 Å². The molecule has 0 bridgehead atoms. The van der Waals surface area contributed by atoms with Crippen molar-refractivity contribution in [3.05, 3.63) is 192 Å². The normalized spacial score (nSPS) is 15.1. The van der Waals surface area contributed by atoms with Gasteiger partial charge >= 0.3 is 0 Å². The zero-order valence-corrected chi connectivity index (χ0v) is 31.1. The van der Waals surface area contributed by atoms with Gasteiger partial charge in [-0.2, -0.15) is 0 Å². The molecule has 2 aliphatic heterocycles. The van der Waals surface area contributed by atoms with Gasteiger partial charge in [-0.15, -0.1) is 0 Å². The van der Waals surface area contributed by atoms with E-state index in [1.54, 1.807) is 0 Å². The molecule has 12 rings (SSSR count). The quantitative estimate of drug-likeness (QED) is 0.173. The summed E-state index contributed by atoms with van der Waals surface area (Å²) in [5.41, 5.74) is 20.6. The molecule has 0 saturated carbocycles. The molecule has 1 atom stereocenters. The molecule has 0 spiro atoms. The smallest absolute Gasteiger partial charge is 0.0582 e. The molecule has 4 heterocycles. The number of para-hydroxylation sites is 2. The van der Waals surface area contributed by atoms with E-state index in [2.05, 4.69) is 200 Å². The maximum Gasteiger partial charge on any atom is 0.0582 e. The van der Waals surface area contributed by atoms with Crippen LogP contribution in [0.15, 0.2) is 170 Å². The first-order valence-corrected chi connectivity index (χ1v) is 19.5. The lowest BCUT2D eigenvalue weighted by Crippen LogP contribution is -2.26. The fourth-order valence-corrected chi connectivity index (χ4v) is 10.2. The van der Waals surface area contributed by atoms with E-state index in [4.69, 9.17) is 0 Å². The number of hydrogen-bond donors (Lipinski definition) is 0. The Morgan fingerprint density at radius 3 is 1.55 bits per heavy atom. The summed E-state index contributed by atoms with van der Waals surface area (Å²) < 4.78 is 5.04. The Morgan fingerprint density at radius 2 is 0.891 bits per heavy atom. The van der Waals surface area contributed by atoms with Crippen LogP contribution >= 0.6 is 0 Å². The highest BCUT2D eigenvalue weighted by Gasteiger charge is 2.36. The maximum absolute atomic E-state index is 2.52. The van der Waals surface area contributed by atoms with E-state index < -0.39 is 0 Å². The van der Waals surface area contributed by atoms with Gasteiger partial charge in [-0.25, -0.2) is 0 Å². The van der Waals surface area contributed by atoms with Gasteiger partial charge in [0, 0.05) is 38.6 Å². The molecule has 2 heteroatoms. The lowest BCUT2D eigenvalue weighted by atomic mass is 9.74. The van der Waals surface area contributed by atoms with Crippen molar-refractivity contribution in [2.24, 2.45) is 0 Å². The van der Waals surface area contributed by atoms with Gasteiger partial charge < -0.3 is 9.13 Å². The predicted octanol–water partition coefficient (Wildman–Crippen LogP) is 14.0. The van der Waals surface area contributed by atoms with Crippen LogP contribution in [0.1, 0.15) is 48.9 Å². The van der Waals surface area contributed by atoms with E-state index >= 15 is 0 Å². The van der Waals surface area contributed by atoms with Crippen molar-refractivity contribution in [3.8, 4) is 44.8 Å². The number of aromatic nitrogens is 2. The molecule has 10 aromatic rings. The van der Waals surface area contributed by atoms with E-state index in [0.29, 0.717) is 5.92 Å². The Kier molecular flexibility index (Phi) is 6.14. The standard InChI is InChI=1S/C53H38N2/c1-32-39-18-10-12-20-47(39)54-48-24-22-35(26-41(48)43-29-37(28-40(32)51(43)54)33-14-6-4-7-15-33)36-23-25-49-42(27-36)44-30-38(34-16-8-5-9-17-34)31-46-52(44)55(49)50-21-13-11-19-45(50)53(46,2)3/h4-32H,1-3H3. The van der Waals surface area contributed by atoms with Gasteiger partial charge in [0.05, 0.1) is 27.8 Å². The van der Waals surface area contributed by atoms with Gasteiger partial charge in [0.25, 0.3) is 0 Å². The molecule has 2 aromatic heterocycles. The van der Waals surface area contributed by atoms with Crippen molar-refractivity contribution in [2.75, 3.05) is 0 Å². The van der Waals surface area contributed by atoms with Crippen molar-refractivity contribution < 1.29 is 0 Å². The zero-order valence-electron chi connectivity index (χ0n) is 31.1. The van der Waals surface area contributed by atoms with Gasteiger partial charge in [0.2, 0.25) is 0 Å². The summed E-state index contributed by atoms with van der Waals surface area (Å²) >= 11 is 0. The van der Waals surface area contributed by atoms with Gasteiger partial charge in [-0.05, 0) is 116 Å². The molecule has 8 aromatic carbocycles. The van der Waals surface area contributed by atoms with E-state index in [0.717, 1.165) is 0 Å². The number of hydrogen-bond acceptors (Lipinski definition) is 0. The lowest BCUT2D eigenvalue weighted by molar-refractivity contribution is 0.630. The van der Waals surface area contributed by atoms with E-state index in [1.807, 2.05) is 0 Å². The topological polar surface area (TPSA) is 9.86 Å². The Labute approximate surface area is 320 Å². The Hall–Kier alpha value is -6.64. The fraction of sp³-hybridized carbons (Fsp3) is 0.0943.